The van der Waals surface area contributed by atoms with Crippen molar-refractivity contribution < 1.29 is 18.0 Å². The third-order valence-electron chi connectivity index (χ3n) is 2.99. The lowest BCUT2D eigenvalue weighted by atomic mass is 10.0. The molecule has 0 bridgehead atoms. The van der Waals surface area contributed by atoms with Gasteiger partial charge in [0.2, 0.25) is 5.91 Å². The topological polar surface area (TPSA) is 56.1 Å². The summed E-state index contributed by atoms with van der Waals surface area (Å²) in [6.07, 6.45) is -3.23. The summed E-state index contributed by atoms with van der Waals surface area (Å²) in [5.41, 5.74) is 0. The lowest BCUT2D eigenvalue weighted by molar-refractivity contribution is -0.163. The Morgan fingerprint density at radius 3 is 2.44 bits per heavy atom. The molecule has 0 aromatic heterocycles. The molecule has 0 radical (unpaired) electrons. The Bertz CT molecular complexity index is 329. The van der Waals surface area contributed by atoms with Gasteiger partial charge in [0, 0.05) is 32.6 Å². The molecule has 1 rings (SSSR count). The third kappa shape index (κ3) is 4.53. The van der Waals surface area contributed by atoms with Gasteiger partial charge in [-0.1, -0.05) is 0 Å². The molecule has 1 unspecified atom stereocenters. The van der Waals surface area contributed by atoms with Crippen molar-refractivity contribution in [3.8, 4) is 6.07 Å². The Kier molecular flexibility index (Phi) is 4.96. The van der Waals surface area contributed by atoms with Crippen LogP contribution in [-0.4, -0.2) is 42.7 Å². The van der Waals surface area contributed by atoms with Gasteiger partial charge in [0.15, 0.2) is 5.92 Å². The number of piperidine rings is 1. The Hall–Kier alpha value is -1.29. The summed E-state index contributed by atoms with van der Waals surface area (Å²) in [6.45, 7) is 2.08. The van der Waals surface area contributed by atoms with Crippen LogP contribution in [-0.2, 0) is 4.79 Å². The number of nitrogens with one attached hydrogen (secondary N) is 1. The maximum Gasteiger partial charge on any atom is 0.405 e. The van der Waals surface area contributed by atoms with Crippen molar-refractivity contribution in [3.05, 3.63) is 0 Å². The largest absolute Gasteiger partial charge is 0.405 e. The van der Waals surface area contributed by atoms with Gasteiger partial charge in [-0.25, -0.2) is 0 Å². The van der Waals surface area contributed by atoms with E-state index >= 15 is 0 Å². The average Bonchev–Trinajstić information content (AvgIpc) is 2.25. The molecule has 7 heteroatoms. The van der Waals surface area contributed by atoms with Crippen molar-refractivity contribution in [2.24, 2.45) is 5.92 Å². The number of halogens is 3. The number of carbonyl (C=O) groups is 1. The molecule has 1 aliphatic rings. The van der Waals surface area contributed by atoms with E-state index < -0.39 is 12.1 Å². The lowest BCUT2D eigenvalue weighted by Crippen LogP contribution is -2.46. The van der Waals surface area contributed by atoms with Crippen LogP contribution in [0.4, 0.5) is 13.2 Å². The maximum atomic E-state index is 12.4. The third-order valence-corrected chi connectivity index (χ3v) is 2.99. The molecule has 0 aromatic carbocycles. The number of hydrogen-bond donors (Lipinski definition) is 1. The smallest absolute Gasteiger partial charge is 0.354 e. The summed E-state index contributed by atoms with van der Waals surface area (Å²) < 4.78 is 37.3. The van der Waals surface area contributed by atoms with E-state index in [2.05, 4.69) is 5.32 Å². The molecule has 1 amide bonds. The fraction of sp³-hybridized carbons (Fsp3) is 0.818. The van der Waals surface area contributed by atoms with Crippen LogP contribution < -0.4 is 5.32 Å². The monoisotopic (exact) mass is 263 g/mol. The first-order chi connectivity index (χ1) is 8.32. The van der Waals surface area contributed by atoms with Crippen LogP contribution in [0.2, 0.25) is 0 Å². The predicted octanol–water partition coefficient (Wildman–Crippen LogP) is 1.29. The van der Waals surface area contributed by atoms with Crippen molar-refractivity contribution in [1.82, 2.24) is 10.2 Å². The fourth-order valence-corrected chi connectivity index (χ4v) is 2.02. The van der Waals surface area contributed by atoms with Gasteiger partial charge in [0.1, 0.15) is 0 Å². The molecule has 1 saturated heterocycles. The SMILES string of the molecule is CC(=O)NC1CCN(CC(C#N)C(F)(F)F)CC1. The molecule has 1 aliphatic heterocycles. The number of carbonyl (C=O) groups excluding carboxylic acids is 1. The van der Waals surface area contributed by atoms with Crippen molar-refractivity contribution in [2.45, 2.75) is 32.0 Å². The molecule has 0 aliphatic carbocycles. The molecule has 4 nitrogen and oxygen atoms in total. The van der Waals surface area contributed by atoms with E-state index in [0.717, 1.165) is 0 Å². The fourth-order valence-electron chi connectivity index (χ4n) is 2.02. The highest BCUT2D eigenvalue weighted by Gasteiger charge is 2.41. The zero-order valence-corrected chi connectivity index (χ0v) is 10.1. The summed E-state index contributed by atoms with van der Waals surface area (Å²) in [5, 5.41) is 11.3. The average molecular weight is 263 g/mol. The van der Waals surface area contributed by atoms with Crippen LogP contribution in [0.1, 0.15) is 19.8 Å². The molecule has 0 aromatic rings. The van der Waals surface area contributed by atoms with Crippen LogP contribution >= 0.6 is 0 Å². The Labute approximate surface area is 104 Å². The summed E-state index contributed by atoms with van der Waals surface area (Å²) >= 11 is 0. The standard InChI is InChI=1S/C11H16F3N3O/c1-8(18)16-10-2-4-17(5-3-10)7-9(6-15)11(12,13)14/h9-10H,2-5,7H2,1H3,(H,16,18). The van der Waals surface area contributed by atoms with Crippen molar-refractivity contribution in [1.29, 1.82) is 5.26 Å². The molecular formula is C11H16F3N3O. The first kappa shape index (κ1) is 14.8. The van der Waals surface area contributed by atoms with E-state index in [1.165, 1.54) is 13.0 Å². The molecular weight excluding hydrogens is 247 g/mol. The number of likely N-dealkylation sites (tertiary alicyclic amines) is 1. The molecule has 1 fully saturated rings. The number of hydrogen-bond acceptors (Lipinski definition) is 3. The minimum absolute atomic E-state index is 0.0326. The lowest BCUT2D eigenvalue weighted by Gasteiger charge is -2.33. The second-order valence-corrected chi connectivity index (χ2v) is 4.50. The quantitative estimate of drug-likeness (QED) is 0.834. The van der Waals surface area contributed by atoms with Crippen molar-refractivity contribution in [3.63, 3.8) is 0 Å². The van der Waals surface area contributed by atoms with Crippen LogP contribution in [0.25, 0.3) is 0 Å². The summed E-state index contributed by atoms with van der Waals surface area (Å²) in [6, 6.07) is 1.33. The van der Waals surface area contributed by atoms with Crippen LogP contribution in [0.15, 0.2) is 0 Å². The van der Waals surface area contributed by atoms with E-state index in [0.29, 0.717) is 25.9 Å². The van der Waals surface area contributed by atoms with Gasteiger partial charge in [0.25, 0.3) is 0 Å². The molecule has 0 spiro atoms. The van der Waals surface area contributed by atoms with Crippen LogP contribution in [0, 0.1) is 17.2 Å². The van der Waals surface area contributed by atoms with E-state index in [9.17, 15) is 18.0 Å². The molecule has 0 saturated carbocycles. The Balaban J connectivity index is 2.40. The van der Waals surface area contributed by atoms with Crippen molar-refractivity contribution in [2.75, 3.05) is 19.6 Å². The molecule has 1 atom stereocenters. The predicted molar refractivity (Wildman–Crippen MR) is 58.4 cm³/mol. The zero-order valence-electron chi connectivity index (χ0n) is 10.1. The molecule has 1 heterocycles. The van der Waals surface area contributed by atoms with Crippen LogP contribution in [0.3, 0.4) is 0 Å². The second-order valence-electron chi connectivity index (χ2n) is 4.50. The number of alkyl halides is 3. The first-order valence-electron chi connectivity index (χ1n) is 5.78. The van der Waals surface area contributed by atoms with Gasteiger partial charge in [-0.15, -0.1) is 0 Å². The van der Waals surface area contributed by atoms with Gasteiger partial charge in [-0.05, 0) is 12.8 Å². The molecule has 1 N–H and O–H groups in total. The van der Waals surface area contributed by atoms with E-state index in [1.54, 1.807) is 4.90 Å². The number of amides is 1. The molecule has 18 heavy (non-hydrogen) atoms. The Morgan fingerprint density at radius 2 is 2.06 bits per heavy atom. The van der Waals surface area contributed by atoms with Gasteiger partial charge in [-0.2, -0.15) is 18.4 Å². The maximum absolute atomic E-state index is 12.4. The van der Waals surface area contributed by atoms with Crippen molar-refractivity contribution >= 4 is 5.91 Å². The summed E-state index contributed by atoms with van der Waals surface area (Å²) in [5.74, 6) is -2.06. The minimum Gasteiger partial charge on any atom is -0.354 e. The summed E-state index contributed by atoms with van der Waals surface area (Å²) in [7, 11) is 0. The van der Waals surface area contributed by atoms with E-state index in [-0.39, 0.29) is 18.5 Å². The van der Waals surface area contributed by atoms with E-state index in [4.69, 9.17) is 5.26 Å². The number of rotatable bonds is 3. The van der Waals surface area contributed by atoms with Crippen LogP contribution in [0.5, 0.6) is 0 Å². The number of nitriles is 1. The van der Waals surface area contributed by atoms with Gasteiger partial charge in [0.05, 0.1) is 6.07 Å². The van der Waals surface area contributed by atoms with Gasteiger partial charge in [-0.3, -0.25) is 4.79 Å². The second kappa shape index (κ2) is 6.05. The highest BCUT2D eigenvalue weighted by molar-refractivity contribution is 5.73. The highest BCUT2D eigenvalue weighted by atomic mass is 19.4. The van der Waals surface area contributed by atoms with Gasteiger partial charge >= 0.3 is 6.18 Å². The number of nitrogens with zero attached hydrogens (tertiary/aromatic N) is 2. The summed E-state index contributed by atoms with van der Waals surface area (Å²) in [4.78, 5) is 12.5. The zero-order chi connectivity index (χ0) is 13.8. The molecule has 102 valence electrons. The normalized spacial score (nSPS) is 20.2. The van der Waals surface area contributed by atoms with E-state index in [1.807, 2.05) is 0 Å². The van der Waals surface area contributed by atoms with Gasteiger partial charge < -0.3 is 10.2 Å². The highest BCUT2D eigenvalue weighted by Crippen LogP contribution is 2.27. The first-order valence-corrected chi connectivity index (χ1v) is 5.78. The minimum atomic E-state index is -4.47. The Morgan fingerprint density at radius 1 is 1.50 bits per heavy atom.